The number of likely N-dealkylation sites (N-methyl/N-ethyl adjacent to an activating group) is 1. The average Bonchev–Trinajstić information content (AvgIpc) is 3.45. The Morgan fingerprint density at radius 1 is 1.00 bits per heavy atom. The summed E-state index contributed by atoms with van der Waals surface area (Å²) in [6.07, 6.45) is -1.16. The fourth-order valence-electron chi connectivity index (χ4n) is 10.3. The SMILES string of the molecule is CC[C@H]1OC(=O)[C@H](C)C(=O)[C@H](C)[C@@H](O[C@@H]2O[C@H](C)C[C@H](N(C)C)[C@H]2O)[C@](C)(OC)C[C@@H](C)C(=O)[C@H](C)C2N(C3CN(Cc4c(O)cnc5c(C)ccnc45)C3)C(=O)O[C@@]21C. The van der Waals surface area contributed by atoms with Gasteiger partial charge in [-0.2, -0.15) is 0 Å². The van der Waals surface area contributed by atoms with Gasteiger partial charge in [0.15, 0.2) is 17.7 Å². The minimum atomic E-state index is -1.46. The monoisotopic (exact) mass is 839 g/mol. The summed E-state index contributed by atoms with van der Waals surface area (Å²) in [5.74, 6) is -5.12. The van der Waals surface area contributed by atoms with E-state index in [0.29, 0.717) is 42.7 Å². The quantitative estimate of drug-likeness (QED) is 0.286. The summed E-state index contributed by atoms with van der Waals surface area (Å²) in [5, 5.41) is 22.3. The van der Waals surface area contributed by atoms with Crippen LogP contribution >= 0.6 is 0 Å². The second-order valence-electron chi connectivity index (χ2n) is 18.4. The maximum atomic E-state index is 14.9. The lowest BCUT2D eigenvalue weighted by atomic mass is 9.73. The molecule has 0 aliphatic carbocycles. The summed E-state index contributed by atoms with van der Waals surface area (Å²) in [6.45, 7) is 17.0. The predicted octanol–water partition coefficient (Wildman–Crippen LogP) is 4.03. The normalized spacial score (nSPS) is 37.8. The van der Waals surface area contributed by atoms with Gasteiger partial charge in [-0.3, -0.25) is 34.2 Å². The zero-order valence-corrected chi connectivity index (χ0v) is 37.2. The molecule has 1 amide bonds. The summed E-state index contributed by atoms with van der Waals surface area (Å²) < 4.78 is 31.4. The van der Waals surface area contributed by atoms with Crippen molar-refractivity contribution in [1.82, 2.24) is 24.7 Å². The highest BCUT2D eigenvalue weighted by atomic mass is 16.7. The van der Waals surface area contributed by atoms with Crippen LogP contribution in [-0.2, 0) is 44.6 Å². The lowest BCUT2D eigenvalue weighted by molar-refractivity contribution is -0.295. The van der Waals surface area contributed by atoms with Crippen molar-refractivity contribution < 1.29 is 53.1 Å². The van der Waals surface area contributed by atoms with Crippen molar-refractivity contribution in [3.63, 3.8) is 0 Å². The van der Waals surface area contributed by atoms with Crippen molar-refractivity contribution >= 4 is 34.7 Å². The number of aliphatic hydroxyl groups is 1. The van der Waals surface area contributed by atoms with Gasteiger partial charge in [-0.25, -0.2) is 4.79 Å². The zero-order valence-electron chi connectivity index (χ0n) is 37.2. The van der Waals surface area contributed by atoms with Gasteiger partial charge in [0.2, 0.25) is 0 Å². The van der Waals surface area contributed by atoms with E-state index < -0.39 is 83.4 Å². The summed E-state index contributed by atoms with van der Waals surface area (Å²) in [6, 6.07) is 0.346. The Labute approximate surface area is 353 Å². The first-order valence-corrected chi connectivity index (χ1v) is 21.3. The third kappa shape index (κ3) is 8.27. The number of hydrogen-bond donors (Lipinski definition) is 2. The van der Waals surface area contributed by atoms with Gasteiger partial charge < -0.3 is 38.8 Å². The number of fused-ring (bicyclic) bond motifs is 2. The number of esters is 1. The van der Waals surface area contributed by atoms with Crippen molar-refractivity contribution in [2.75, 3.05) is 34.3 Å². The zero-order chi connectivity index (χ0) is 44.2. The molecule has 6 rings (SSSR count). The Balaban J connectivity index is 1.33. The topological polar surface area (TPSA) is 190 Å². The Kier molecular flexibility index (Phi) is 13.4. The van der Waals surface area contributed by atoms with Crippen molar-refractivity contribution in [3.8, 4) is 5.75 Å². The van der Waals surface area contributed by atoms with Gasteiger partial charge in [0, 0.05) is 62.3 Å². The standard InChI is InChI=1S/C44H65N5O11/c1-13-32-44(9)38(49(42(55)60-44)28-19-48(20-28)21-29-31(50)18-46-33-22(2)14-15-45-34(29)33)25(5)35(51)23(3)17-43(8,56-12)39(26(6)36(52)27(7)40(54)58-32)59-41-37(53)30(47(10)11)16-24(4)57-41/h14-15,18,23-28,30,32,37-39,41,50,53H,13,16-17,19-21H2,1-12H3/t23-,24-,25+,26+,27-,30+,32-,37-,38?,39-,41+,43-,44-/m1/s1. The van der Waals surface area contributed by atoms with Gasteiger partial charge in [0.25, 0.3) is 0 Å². The molecule has 4 aliphatic rings. The number of rotatable bonds is 8. The van der Waals surface area contributed by atoms with Crippen molar-refractivity contribution in [1.29, 1.82) is 0 Å². The first-order chi connectivity index (χ1) is 28.2. The van der Waals surface area contributed by atoms with Crippen LogP contribution in [-0.4, -0.2) is 153 Å². The number of hydrogen-bond acceptors (Lipinski definition) is 15. The molecule has 332 valence electrons. The van der Waals surface area contributed by atoms with Gasteiger partial charge in [-0.05, 0) is 79.6 Å². The van der Waals surface area contributed by atoms with Gasteiger partial charge in [-0.15, -0.1) is 0 Å². The number of amides is 1. The van der Waals surface area contributed by atoms with E-state index >= 15 is 0 Å². The van der Waals surface area contributed by atoms with E-state index in [-0.39, 0.29) is 42.6 Å². The first kappa shape index (κ1) is 45.7. The van der Waals surface area contributed by atoms with Crippen LogP contribution in [0.5, 0.6) is 5.75 Å². The number of nitrogens with zero attached hydrogens (tertiary/aromatic N) is 5. The number of ketones is 2. The Morgan fingerprint density at radius 2 is 1.68 bits per heavy atom. The van der Waals surface area contributed by atoms with E-state index in [1.54, 1.807) is 45.7 Å². The molecule has 0 radical (unpaired) electrons. The Morgan fingerprint density at radius 3 is 2.32 bits per heavy atom. The molecule has 2 N–H and O–H groups in total. The van der Waals surface area contributed by atoms with Crippen LogP contribution in [0.25, 0.3) is 11.0 Å². The fourth-order valence-corrected chi connectivity index (χ4v) is 10.3. The second-order valence-corrected chi connectivity index (χ2v) is 18.4. The highest BCUT2D eigenvalue weighted by Gasteiger charge is 2.62. The molecule has 60 heavy (non-hydrogen) atoms. The molecule has 1 unspecified atom stereocenters. The molecule has 4 fully saturated rings. The highest BCUT2D eigenvalue weighted by molar-refractivity contribution is 6.00. The molecule has 0 aromatic carbocycles. The number of aryl methyl sites for hydroxylation is 1. The van der Waals surface area contributed by atoms with Crippen molar-refractivity contribution in [3.05, 3.63) is 29.6 Å². The summed E-state index contributed by atoms with van der Waals surface area (Å²) in [7, 11) is 5.22. The number of carbonyl (C=O) groups is 4. The van der Waals surface area contributed by atoms with Crippen LogP contribution < -0.4 is 0 Å². The second kappa shape index (κ2) is 17.5. The van der Waals surface area contributed by atoms with E-state index in [4.69, 9.17) is 23.7 Å². The maximum Gasteiger partial charge on any atom is 0.411 e. The Bertz CT molecular complexity index is 1940. The number of pyridine rings is 2. The largest absolute Gasteiger partial charge is 0.506 e. The number of cyclic esters (lactones) is 1. The van der Waals surface area contributed by atoms with Crippen molar-refractivity contribution in [2.24, 2.45) is 23.7 Å². The summed E-state index contributed by atoms with van der Waals surface area (Å²) >= 11 is 0. The lowest BCUT2D eigenvalue weighted by Gasteiger charge is -2.48. The number of Topliss-reactive ketones (excluding diaryl/α,β-unsaturated/α-hetero) is 2. The van der Waals surface area contributed by atoms with Crippen LogP contribution in [0.1, 0.15) is 85.8 Å². The van der Waals surface area contributed by atoms with E-state index in [2.05, 4.69) is 14.9 Å². The fraction of sp³-hybridized carbons (Fsp3) is 0.727. The third-order valence-electron chi connectivity index (χ3n) is 13.9. The van der Waals surface area contributed by atoms with E-state index in [0.717, 1.165) is 5.56 Å². The number of likely N-dealkylation sites (tertiary alicyclic amines) is 1. The number of aromatic hydroxyl groups is 1. The number of aliphatic hydroxyl groups excluding tert-OH is 1. The van der Waals surface area contributed by atoms with Gasteiger partial charge in [-0.1, -0.05) is 27.7 Å². The van der Waals surface area contributed by atoms with Crippen LogP contribution in [0.4, 0.5) is 4.79 Å². The molecule has 0 spiro atoms. The minimum absolute atomic E-state index is 0.0246. The molecule has 0 bridgehead atoms. The van der Waals surface area contributed by atoms with E-state index in [9.17, 15) is 29.4 Å². The van der Waals surface area contributed by atoms with Crippen LogP contribution in [0.2, 0.25) is 0 Å². The molecule has 2 aromatic heterocycles. The van der Waals surface area contributed by atoms with Crippen LogP contribution in [0.15, 0.2) is 18.5 Å². The number of aromatic nitrogens is 2. The smallest absolute Gasteiger partial charge is 0.411 e. The molecule has 4 saturated heterocycles. The lowest BCUT2D eigenvalue weighted by Crippen LogP contribution is -2.65. The molecular weight excluding hydrogens is 775 g/mol. The molecule has 2 aromatic rings. The average molecular weight is 840 g/mol. The molecule has 16 heteroatoms. The van der Waals surface area contributed by atoms with E-state index in [1.165, 1.54) is 20.2 Å². The van der Waals surface area contributed by atoms with Crippen LogP contribution in [0, 0.1) is 30.6 Å². The minimum Gasteiger partial charge on any atom is -0.506 e. The third-order valence-corrected chi connectivity index (χ3v) is 13.9. The van der Waals surface area contributed by atoms with Gasteiger partial charge in [0.1, 0.15) is 29.7 Å². The molecule has 4 aliphatic heterocycles. The first-order valence-electron chi connectivity index (χ1n) is 21.3. The highest BCUT2D eigenvalue weighted by Crippen LogP contribution is 2.45. The number of methoxy groups -OCH3 is 1. The van der Waals surface area contributed by atoms with Crippen LogP contribution in [0.3, 0.4) is 0 Å². The molecular formula is C44H65N5O11. The summed E-state index contributed by atoms with van der Waals surface area (Å²) in [4.78, 5) is 71.9. The molecule has 6 heterocycles. The number of ether oxygens (including phenoxy) is 5. The molecule has 0 saturated carbocycles. The molecule has 13 atom stereocenters. The summed E-state index contributed by atoms with van der Waals surface area (Å²) in [5.41, 5.74) is 0.106. The van der Waals surface area contributed by atoms with Crippen molar-refractivity contribution in [2.45, 2.75) is 148 Å². The molecule has 16 nitrogen and oxygen atoms in total. The Hall–Kier alpha value is -3.80. The van der Waals surface area contributed by atoms with Gasteiger partial charge >= 0.3 is 12.1 Å². The van der Waals surface area contributed by atoms with Gasteiger partial charge in [0.05, 0.1) is 47.1 Å². The van der Waals surface area contributed by atoms with E-state index in [1.807, 2.05) is 45.8 Å². The maximum absolute atomic E-state index is 14.9. The predicted molar refractivity (Wildman–Crippen MR) is 220 cm³/mol. The number of carbonyl (C=O) groups excluding carboxylic acids is 4.